The Morgan fingerprint density at radius 3 is 2.37 bits per heavy atom. The summed E-state index contributed by atoms with van der Waals surface area (Å²) in [6.07, 6.45) is 3.99. The molecule has 5 N–H and O–H groups in total. The molecule has 0 unspecified atom stereocenters. The number of fused-ring (bicyclic) bond motifs is 1. The average molecular weight is 698 g/mol. The highest BCUT2D eigenvalue weighted by Gasteiger charge is 2.48. The van der Waals surface area contributed by atoms with E-state index in [-0.39, 0.29) is 46.6 Å². The van der Waals surface area contributed by atoms with E-state index in [1.54, 1.807) is 13.8 Å². The number of H-pyrrole nitrogens is 1. The van der Waals surface area contributed by atoms with Gasteiger partial charge in [0.25, 0.3) is 5.91 Å². The number of carboxylic acid groups (broad SMARTS) is 1. The summed E-state index contributed by atoms with van der Waals surface area (Å²) < 4.78 is 63.9. The number of benzene rings is 2. The largest absolute Gasteiger partial charge is 0.488 e. The number of piperidine rings is 1. The summed E-state index contributed by atoms with van der Waals surface area (Å²) in [6.45, 7) is 4.38. The van der Waals surface area contributed by atoms with Crippen molar-refractivity contribution in [1.82, 2.24) is 24.0 Å². The van der Waals surface area contributed by atoms with E-state index in [1.165, 1.54) is 35.2 Å². The van der Waals surface area contributed by atoms with Crippen molar-refractivity contribution in [3.05, 3.63) is 88.4 Å². The molecule has 4 aromatic rings. The van der Waals surface area contributed by atoms with Crippen molar-refractivity contribution < 1.29 is 41.4 Å². The highest BCUT2D eigenvalue weighted by molar-refractivity contribution is 7.89. The summed E-state index contributed by atoms with van der Waals surface area (Å²) in [7, 11) is -2.44. The van der Waals surface area contributed by atoms with Crippen LogP contribution in [0.4, 0.5) is 14.6 Å². The van der Waals surface area contributed by atoms with Crippen LogP contribution in [0.15, 0.2) is 53.7 Å². The Hall–Kier alpha value is -5.13. The van der Waals surface area contributed by atoms with Gasteiger partial charge in [-0.15, -0.1) is 0 Å². The molecular formula is C32H33F2N7O7S. The van der Waals surface area contributed by atoms with Crippen molar-refractivity contribution in [2.75, 3.05) is 25.5 Å². The minimum absolute atomic E-state index is 0.0228. The quantitative estimate of drug-likeness (QED) is 0.203. The van der Waals surface area contributed by atoms with E-state index in [9.17, 15) is 36.7 Å². The third-order valence-corrected chi connectivity index (χ3v) is 10.8. The van der Waals surface area contributed by atoms with E-state index >= 15 is 0 Å². The lowest BCUT2D eigenvalue weighted by Gasteiger charge is -2.30. The van der Waals surface area contributed by atoms with Crippen LogP contribution in [0.25, 0.3) is 5.69 Å². The second-order valence-corrected chi connectivity index (χ2v) is 14.4. The lowest BCUT2D eigenvalue weighted by molar-refractivity contribution is 0.0696. The smallest absolute Gasteiger partial charge is 0.337 e. The SMILES string of the molecule is CN1CCC(Oc2cc(C(N)=O)c(C(=O)Nc3n[nH]c4c3CN(S(=O)(=O)c3cc(F)cc(F)c3)C4(C)C)cc2-n2ccc(C(=O)O)c2)CC1. The molecule has 2 aliphatic heterocycles. The van der Waals surface area contributed by atoms with Crippen LogP contribution in [0.5, 0.6) is 5.75 Å². The lowest BCUT2D eigenvalue weighted by atomic mass is 10.0. The molecule has 0 aliphatic carbocycles. The van der Waals surface area contributed by atoms with Gasteiger partial charge in [-0.25, -0.2) is 22.0 Å². The van der Waals surface area contributed by atoms with Gasteiger partial charge < -0.3 is 30.4 Å². The van der Waals surface area contributed by atoms with Gasteiger partial charge in [-0.1, -0.05) is 0 Å². The number of carboxylic acids is 1. The number of carbonyl (C=O) groups is 3. The summed E-state index contributed by atoms with van der Waals surface area (Å²) in [5.74, 6) is -4.88. The van der Waals surface area contributed by atoms with E-state index in [0.717, 1.165) is 29.5 Å². The Morgan fingerprint density at radius 2 is 1.76 bits per heavy atom. The van der Waals surface area contributed by atoms with Crippen molar-refractivity contribution in [3.63, 3.8) is 0 Å². The highest BCUT2D eigenvalue weighted by Crippen LogP contribution is 2.44. The zero-order valence-electron chi connectivity index (χ0n) is 26.7. The summed E-state index contributed by atoms with van der Waals surface area (Å²) in [4.78, 5) is 39.8. The molecule has 258 valence electrons. The number of hydrogen-bond donors (Lipinski definition) is 4. The summed E-state index contributed by atoms with van der Waals surface area (Å²) in [5.41, 5.74) is 4.96. The number of hydrogen-bond acceptors (Lipinski definition) is 8. The Bertz CT molecular complexity index is 2080. The van der Waals surface area contributed by atoms with Gasteiger partial charge in [0.2, 0.25) is 15.9 Å². The number of ether oxygens (including phenoxy) is 1. The maximum absolute atomic E-state index is 14.0. The number of nitrogens with two attached hydrogens (primary N) is 1. The predicted molar refractivity (Wildman–Crippen MR) is 171 cm³/mol. The molecule has 4 heterocycles. The Labute approximate surface area is 279 Å². The predicted octanol–water partition coefficient (Wildman–Crippen LogP) is 3.44. The molecular weight excluding hydrogens is 664 g/mol. The first-order valence-electron chi connectivity index (χ1n) is 15.2. The zero-order valence-corrected chi connectivity index (χ0v) is 27.5. The van der Waals surface area contributed by atoms with Crippen LogP contribution in [-0.2, 0) is 22.1 Å². The standard InChI is InChI=1S/C32H33F2N7O7S/c1-32(2)27-24(16-41(32)49(46,47)21-11-18(33)10-19(34)12-21)29(38-37-27)36-30(43)23-13-25(40-9-4-17(15-40)31(44)45)26(14-22(23)28(35)42)48-20-5-7-39(3)8-6-20/h4,9-15,20H,5-8,16H2,1-3H3,(H2,35,42)(H,44,45)(H2,36,37,38,43). The van der Waals surface area contributed by atoms with E-state index in [1.807, 2.05) is 7.05 Å². The van der Waals surface area contributed by atoms with Crippen LogP contribution >= 0.6 is 0 Å². The summed E-state index contributed by atoms with van der Waals surface area (Å²) >= 11 is 0. The van der Waals surface area contributed by atoms with Crippen LogP contribution < -0.4 is 15.8 Å². The number of halogens is 2. The topological polar surface area (TPSA) is 193 Å². The van der Waals surface area contributed by atoms with Crippen molar-refractivity contribution in [2.24, 2.45) is 5.73 Å². The number of rotatable bonds is 9. The number of likely N-dealkylation sites (tertiary alicyclic amines) is 1. The Kier molecular flexibility index (Phi) is 8.54. The molecule has 1 saturated heterocycles. The maximum atomic E-state index is 14.0. The number of aromatic amines is 1. The summed E-state index contributed by atoms with van der Waals surface area (Å²) in [5, 5.41) is 19.1. The second-order valence-electron chi connectivity index (χ2n) is 12.5. The van der Waals surface area contributed by atoms with E-state index in [4.69, 9.17) is 10.5 Å². The summed E-state index contributed by atoms with van der Waals surface area (Å²) in [6, 6.07) is 6.07. The number of nitrogens with zero attached hydrogens (tertiary/aromatic N) is 4. The molecule has 2 aromatic carbocycles. The number of primary amides is 1. The molecule has 14 nitrogen and oxygen atoms in total. The van der Waals surface area contributed by atoms with Crippen LogP contribution in [0, 0.1) is 11.6 Å². The number of aromatic carboxylic acids is 1. The fraction of sp³-hybridized carbons (Fsp3) is 0.312. The first-order chi connectivity index (χ1) is 23.1. The molecule has 2 aliphatic rings. The van der Waals surface area contributed by atoms with Gasteiger partial charge in [0.1, 0.15) is 23.5 Å². The minimum atomic E-state index is -4.43. The van der Waals surface area contributed by atoms with Gasteiger partial charge >= 0.3 is 5.97 Å². The number of carbonyl (C=O) groups excluding carboxylic acids is 2. The number of nitrogens with one attached hydrogen (secondary N) is 2. The van der Waals surface area contributed by atoms with Crippen LogP contribution in [0.3, 0.4) is 0 Å². The first-order valence-corrected chi connectivity index (χ1v) is 16.6. The van der Waals surface area contributed by atoms with Gasteiger partial charge in [-0.05, 0) is 64.1 Å². The van der Waals surface area contributed by atoms with Gasteiger partial charge in [0.15, 0.2) is 5.82 Å². The Balaban J connectivity index is 1.35. The fourth-order valence-corrected chi connectivity index (χ4v) is 7.94. The fourth-order valence-electron chi connectivity index (χ4n) is 6.17. The molecule has 0 spiro atoms. The van der Waals surface area contributed by atoms with Gasteiger partial charge in [0, 0.05) is 43.7 Å². The molecule has 1 fully saturated rings. The van der Waals surface area contributed by atoms with Crippen LogP contribution in [-0.4, -0.2) is 81.5 Å². The van der Waals surface area contributed by atoms with Crippen molar-refractivity contribution in [1.29, 1.82) is 0 Å². The molecule has 0 saturated carbocycles. The van der Waals surface area contributed by atoms with Crippen LogP contribution in [0.2, 0.25) is 0 Å². The maximum Gasteiger partial charge on any atom is 0.337 e. The molecule has 17 heteroatoms. The third kappa shape index (κ3) is 6.27. The number of anilines is 1. The molecule has 0 bridgehead atoms. The number of aromatic nitrogens is 3. The molecule has 0 radical (unpaired) electrons. The average Bonchev–Trinajstić information content (AvgIpc) is 3.74. The third-order valence-electron chi connectivity index (χ3n) is 8.85. The minimum Gasteiger partial charge on any atom is -0.488 e. The second kappa shape index (κ2) is 12.4. The van der Waals surface area contributed by atoms with Gasteiger partial charge in [-0.2, -0.15) is 9.40 Å². The monoisotopic (exact) mass is 697 g/mol. The Morgan fingerprint density at radius 1 is 1.08 bits per heavy atom. The molecule has 6 rings (SSSR count). The molecule has 0 atom stereocenters. The zero-order chi connectivity index (χ0) is 35.4. The van der Waals surface area contributed by atoms with Crippen molar-refractivity contribution in [3.8, 4) is 11.4 Å². The van der Waals surface area contributed by atoms with Gasteiger partial charge in [0.05, 0.1) is 38.5 Å². The highest BCUT2D eigenvalue weighted by atomic mass is 32.2. The molecule has 2 aromatic heterocycles. The molecule has 49 heavy (non-hydrogen) atoms. The van der Waals surface area contributed by atoms with E-state index in [2.05, 4.69) is 20.4 Å². The number of amides is 2. The normalized spacial score (nSPS) is 16.8. The van der Waals surface area contributed by atoms with E-state index < -0.39 is 49.9 Å². The van der Waals surface area contributed by atoms with Gasteiger partial charge in [-0.3, -0.25) is 14.7 Å². The lowest BCUT2D eigenvalue weighted by Crippen LogP contribution is -2.40. The van der Waals surface area contributed by atoms with Crippen molar-refractivity contribution >= 4 is 33.6 Å². The number of sulfonamides is 1. The van der Waals surface area contributed by atoms with E-state index in [0.29, 0.717) is 30.2 Å². The van der Waals surface area contributed by atoms with Crippen LogP contribution in [0.1, 0.15) is 69.0 Å². The van der Waals surface area contributed by atoms with Crippen molar-refractivity contribution in [2.45, 2.75) is 49.8 Å². The molecule has 2 amide bonds. The first kappa shape index (κ1) is 33.8.